The van der Waals surface area contributed by atoms with Crippen molar-refractivity contribution in [3.63, 3.8) is 0 Å². The first-order valence-corrected chi connectivity index (χ1v) is 12.8. The van der Waals surface area contributed by atoms with Crippen LogP contribution in [0.5, 0.6) is 0 Å². The second-order valence-electron chi connectivity index (χ2n) is 11.5. The fraction of sp³-hybridized carbons (Fsp3) is 0.767. The maximum absolute atomic E-state index is 11.9. The molecule has 5 aliphatic rings. The number of fused-ring (bicyclic) bond motifs is 8. The zero-order valence-corrected chi connectivity index (χ0v) is 21.0. The lowest BCUT2D eigenvalue weighted by Crippen LogP contribution is -2.37. The predicted octanol–water partition coefficient (Wildman–Crippen LogP) is 6.48. The first-order valence-electron chi connectivity index (χ1n) is 12.8. The van der Waals surface area contributed by atoms with Gasteiger partial charge in [0.25, 0.3) is 0 Å². The van der Waals surface area contributed by atoms with Gasteiger partial charge in [-0.25, -0.2) is 0 Å². The third kappa shape index (κ3) is 4.64. The van der Waals surface area contributed by atoms with Gasteiger partial charge in [0.1, 0.15) is 0 Å². The number of carbonyl (C=O) groups excluding carboxylic acids is 3. The Morgan fingerprint density at radius 3 is 2.06 bits per heavy atom. The number of carbonyl (C=O) groups is 3. The lowest BCUT2D eigenvalue weighted by atomic mass is 9.67. The molecule has 11 unspecified atom stereocenters. The van der Waals surface area contributed by atoms with Crippen LogP contribution in [0.3, 0.4) is 0 Å². The van der Waals surface area contributed by atoms with Gasteiger partial charge in [-0.15, -0.1) is 0 Å². The fourth-order valence-corrected chi connectivity index (χ4v) is 8.63. The van der Waals surface area contributed by atoms with E-state index in [1.807, 2.05) is 19.9 Å². The molecule has 0 spiro atoms. The minimum absolute atomic E-state index is 0. The van der Waals surface area contributed by atoms with Crippen LogP contribution in [0.25, 0.3) is 0 Å². The van der Waals surface area contributed by atoms with Crippen molar-refractivity contribution in [1.82, 2.24) is 0 Å². The van der Waals surface area contributed by atoms with Crippen LogP contribution < -0.4 is 0 Å². The molecule has 11 atom stereocenters. The van der Waals surface area contributed by atoms with E-state index in [1.54, 1.807) is 0 Å². The number of esters is 3. The number of allylic oxidation sites excluding steroid dienone is 4. The van der Waals surface area contributed by atoms with Crippen molar-refractivity contribution >= 4 is 17.9 Å². The quantitative estimate of drug-likeness (QED) is 0.258. The van der Waals surface area contributed by atoms with E-state index in [2.05, 4.69) is 39.0 Å². The summed E-state index contributed by atoms with van der Waals surface area (Å²) in [6, 6.07) is 0. The molecule has 1 heterocycles. The van der Waals surface area contributed by atoms with E-state index < -0.39 is 0 Å². The Morgan fingerprint density at radius 1 is 0.943 bits per heavy atom. The highest BCUT2D eigenvalue weighted by Crippen LogP contribution is 2.68. The number of hydrogen-bond acceptors (Lipinski definition) is 5. The molecule has 5 nitrogen and oxygen atoms in total. The molecule has 0 radical (unpaired) electrons. The molecule has 2 bridgehead atoms. The van der Waals surface area contributed by atoms with Crippen LogP contribution in [0.2, 0.25) is 0 Å². The average Bonchev–Trinajstić information content (AvgIpc) is 3.53. The molecule has 0 amide bonds. The van der Waals surface area contributed by atoms with Crippen LogP contribution in [0.4, 0.5) is 0 Å². The Bertz CT molecular complexity index is 859. The Morgan fingerprint density at radius 2 is 1.51 bits per heavy atom. The monoisotopic (exact) mass is 488 g/mol. The molecule has 0 aromatic carbocycles. The van der Waals surface area contributed by atoms with Crippen LogP contribution >= 0.6 is 0 Å². The fourth-order valence-electron chi connectivity index (χ4n) is 8.63. The van der Waals surface area contributed by atoms with E-state index in [4.69, 9.17) is 9.47 Å². The van der Waals surface area contributed by atoms with Gasteiger partial charge in [0, 0.05) is 0 Å². The SMILES string of the molecule is C.C.C/C=C/C1CC(C)C2C3CC(C4C(=O)OC(=O)C34)C12.C/C=C/C1CC(C)CC1(C)C(=O)OC. The van der Waals surface area contributed by atoms with Crippen molar-refractivity contribution in [1.29, 1.82) is 0 Å². The van der Waals surface area contributed by atoms with Gasteiger partial charge in [-0.05, 0) is 93.8 Å². The Kier molecular flexibility index (Phi) is 9.22. The second-order valence-corrected chi connectivity index (χ2v) is 11.5. The molecule has 5 fully saturated rings. The first kappa shape index (κ1) is 29.3. The molecule has 198 valence electrons. The molecule has 35 heavy (non-hydrogen) atoms. The van der Waals surface area contributed by atoms with Gasteiger partial charge in [0.2, 0.25) is 0 Å². The molecule has 5 rings (SSSR count). The normalized spacial score (nSPS) is 44.9. The molecule has 1 aliphatic heterocycles. The average molecular weight is 489 g/mol. The zero-order chi connectivity index (χ0) is 24.1. The molecule has 0 aromatic heterocycles. The lowest BCUT2D eigenvalue weighted by molar-refractivity contribution is -0.155. The van der Waals surface area contributed by atoms with E-state index in [0.717, 1.165) is 19.3 Å². The molecule has 4 aliphatic carbocycles. The summed E-state index contributed by atoms with van der Waals surface area (Å²) in [5.41, 5.74) is -0.305. The van der Waals surface area contributed by atoms with Crippen LogP contribution in [-0.2, 0) is 23.9 Å². The minimum atomic E-state index is -0.305. The highest BCUT2D eigenvalue weighted by molar-refractivity contribution is 5.97. The molecule has 5 heteroatoms. The summed E-state index contributed by atoms with van der Waals surface area (Å²) in [6.45, 7) is 10.6. The van der Waals surface area contributed by atoms with Crippen molar-refractivity contribution in [2.45, 2.75) is 75.2 Å². The number of ether oxygens (including phenoxy) is 2. The smallest absolute Gasteiger partial charge is 0.317 e. The second kappa shape index (κ2) is 11.0. The summed E-state index contributed by atoms with van der Waals surface area (Å²) in [5, 5.41) is 0. The molecular formula is C30H48O5. The predicted molar refractivity (Wildman–Crippen MR) is 139 cm³/mol. The van der Waals surface area contributed by atoms with Crippen molar-refractivity contribution in [2.75, 3.05) is 7.11 Å². The van der Waals surface area contributed by atoms with Gasteiger partial charge < -0.3 is 9.47 Å². The number of rotatable bonds is 3. The summed E-state index contributed by atoms with van der Waals surface area (Å²) in [6.07, 6.45) is 13.0. The van der Waals surface area contributed by atoms with Crippen molar-refractivity contribution in [2.24, 2.45) is 64.6 Å². The zero-order valence-electron chi connectivity index (χ0n) is 21.0. The third-order valence-corrected chi connectivity index (χ3v) is 9.59. The number of methoxy groups -OCH3 is 1. The summed E-state index contributed by atoms with van der Waals surface area (Å²) in [5.74, 6) is 3.51. The van der Waals surface area contributed by atoms with E-state index in [0.29, 0.717) is 47.3 Å². The topological polar surface area (TPSA) is 69.7 Å². The maximum Gasteiger partial charge on any atom is 0.317 e. The standard InChI is InChI=1S/C16H20O3.C12H20O2.2CH4/c1-3-4-8-5-7(2)11-9-6-10(12(8)11)14-13(9)15(17)19-16(14)18;1-5-6-10-7-9(2)8-12(10,3)11(13)14-4;;/h3-4,7-14H,5-6H2,1-2H3;5-6,9-10H,7-8H2,1-4H3;2*1H4/b4-3+;6-5+;;. The lowest BCUT2D eigenvalue weighted by Gasteiger charge is -2.34. The van der Waals surface area contributed by atoms with E-state index >= 15 is 0 Å². The van der Waals surface area contributed by atoms with Gasteiger partial charge in [0.05, 0.1) is 24.4 Å². The molecule has 1 saturated heterocycles. The Labute approximate surface area is 213 Å². The summed E-state index contributed by atoms with van der Waals surface area (Å²) >= 11 is 0. The van der Waals surface area contributed by atoms with Crippen LogP contribution in [0.15, 0.2) is 24.3 Å². The Balaban J connectivity index is 0.000000245. The summed E-state index contributed by atoms with van der Waals surface area (Å²) in [4.78, 5) is 35.5. The summed E-state index contributed by atoms with van der Waals surface area (Å²) in [7, 11) is 1.48. The molecule has 4 saturated carbocycles. The van der Waals surface area contributed by atoms with E-state index in [1.165, 1.54) is 13.5 Å². The van der Waals surface area contributed by atoms with Gasteiger partial charge in [-0.2, -0.15) is 0 Å². The van der Waals surface area contributed by atoms with Crippen LogP contribution in [0.1, 0.15) is 75.2 Å². The summed E-state index contributed by atoms with van der Waals surface area (Å²) < 4.78 is 9.80. The van der Waals surface area contributed by atoms with Crippen LogP contribution in [-0.4, -0.2) is 25.0 Å². The van der Waals surface area contributed by atoms with Gasteiger partial charge >= 0.3 is 17.9 Å². The Hall–Kier alpha value is -1.91. The van der Waals surface area contributed by atoms with Crippen molar-refractivity contribution < 1.29 is 23.9 Å². The van der Waals surface area contributed by atoms with Gasteiger partial charge in [0.15, 0.2) is 0 Å². The maximum atomic E-state index is 11.9. The largest absolute Gasteiger partial charge is 0.469 e. The van der Waals surface area contributed by atoms with E-state index in [-0.39, 0.29) is 50.0 Å². The highest BCUT2D eigenvalue weighted by atomic mass is 16.6. The molecule has 0 N–H and O–H groups in total. The first-order chi connectivity index (χ1) is 15.7. The van der Waals surface area contributed by atoms with Crippen molar-refractivity contribution in [3.05, 3.63) is 24.3 Å². The molecule has 0 aromatic rings. The third-order valence-electron chi connectivity index (χ3n) is 9.59. The number of cyclic esters (lactones) is 2. The highest BCUT2D eigenvalue weighted by Gasteiger charge is 2.69. The van der Waals surface area contributed by atoms with Crippen molar-refractivity contribution in [3.8, 4) is 0 Å². The van der Waals surface area contributed by atoms with Gasteiger partial charge in [-0.3, -0.25) is 14.4 Å². The minimum Gasteiger partial charge on any atom is -0.469 e. The number of hydrogen-bond donors (Lipinski definition) is 0. The van der Waals surface area contributed by atoms with Crippen LogP contribution in [0, 0.1) is 64.6 Å². The van der Waals surface area contributed by atoms with Gasteiger partial charge in [-0.1, -0.05) is 53.0 Å². The molecular weight excluding hydrogens is 440 g/mol. The van der Waals surface area contributed by atoms with E-state index in [9.17, 15) is 14.4 Å².